The van der Waals surface area contributed by atoms with Gasteiger partial charge in [-0.15, -0.1) is 0 Å². The van der Waals surface area contributed by atoms with Crippen LogP contribution in [0.25, 0.3) is 10.9 Å². The maximum atomic E-state index is 11.7. The van der Waals surface area contributed by atoms with E-state index >= 15 is 0 Å². The van der Waals surface area contributed by atoms with Crippen molar-refractivity contribution in [2.24, 2.45) is 11.7 Å². The van der Waals surface area contributed by atoms with Gasteiger partial charge in [-0.1, -0.05) is 13.0 Å². The van der Waals surface area contributed by atoms with E-state index in [1.165, 1.54) is 0 Å². The Kier molecular flexibility index (Phi) is 3.40. The highest BCUT2D eigenvalue weighted by Gasteiger charge is 2.18. The first kappa shape index (κ1) is 13.1. The lowest BCUT2D eigenvalue weighted by atomic mass is 9.96. The topological polar surface area (TPSA) is 68.0 Å². The normalized spacial score (nSPS) is 15.2. The van der Waals surface area contributed by atoms with E-state index in [9.17, 15) is 4.79 Å². The predicted molar refractivity (Wildman–Crippen MR) is 79.7 cm³/mol. The fraction of sp³-hybridized carbons (Fsp3) is 0.375. The molecule has 0 bridgehead atoms. The second-order valence-corrected chi connectivity index (χ2v) is 5.46. The molecule has 2 aromatic rings. The average Bonchev–Trinajstić information content (AvgIpc) is 2.41. The van der Waals surface area contributed by atoms with Gasteiger partial charge in [0.05, 0.1) is 11.1 Å². The van der Waals surface area contributed by atoms with E-state index in [0.717, 1.165) is 48.1 Å². The first-order valence-corrected chi connectivity index (χ1v) is 7.10. The Morgan fingerprint density at radius 2 is 2.20 bits per heavy atom. The number of hydrogen-bond acceptors (Lipinski definition) is 3. The van der Waals surface area contributed by atoms with Gasteiger partial charge in [-0.05, 0) is 55.6 Å². The van der Waals surface area contributed by atoms with Crippen LogP contribution >= 0.6 is 0 Å². The summed E-state index contributed by atoms with van der Waals surface area (Å²) >= 11 is 0. The summed E-state index contributed by atoms with van der Waals surface area (Å²) in [5, 5.41) is 4.26. The van der Waals surface area contributed by atoms with Crippen LogP contribution in [0.1, 0.15) is 28.5 Å². The minimum absolute atomic E-state index is 0.403. The molecular weight excluding hydrogens is 250 g/mol. The van der Waals surface area contributed by atoms with Gasteiger partial charge >= 0.3 is 0 Å². The molecule has 2 heterocycles. The van der Waals surface area contributed by atoms with Gasteiger partial charge in [0, 0.05) is 11.1 Å². The van der Waals surface area contributed by atoms with Gasteiger partial charge in [0.25, 0.3) is 5.91 Å². The Morgan fingerprint density at radius 3 is 2.80 bits per heavy atom. The number of pyridine rings is 1. The zero-order valence-corrected chi connectivity index (χ0v) is 11.6. The van der Waals surface area contributed by atoms with Crippen molar-refractivity contribution in [3.63, 3.8) is 0 Å². The third-order valence-corrected chi connectivity index (χ3v) is 3.95. The Morgan fingerprint density at radius 1 is 1.40 bits per heavy atom. The molecule has 3 N–H and O–H groups in total. The lowest BCUT2D eigenvalue weighted by Gasteiger charge is -2.26. The minimum atomic E-state index is -0.403. The number of aryl methyl sites for hydroxylation is 1. The van der Waals surface area contributed by atoms with E-state index < -0.39 is 5.91 Å². The number of nitrogens with zero attached hydrogens (tertiary/aromatic N) is 1. The molecule has 20 heavy (non-hydrogen) atoms. The fourth-order valence-corrected chi connectivity index (χ4v) is 2.63. The second-order valence-electron chi connectivity index (χ2n) is 5.46. The zero-order chi connectivity index (χ0) is 14.1. The standard InChI is InChI=1S/C16H19N3O/c1-2-10-5-12-3-4-13(6-11-8-18-9-11)19-15(12)14(7-10)16(17)20/h3-5,7,11,18H,2,6,8-9H2,1H3,(H2,17,20). The summed E-state index contributed by atoms with van der Waals surface area (Å²) < 4.78 is 0. The van der Waals surface area contributed by atoms with E-state index in [-0.39, 0.29) is 0 Å². The van der Waals surface area contributed by atoms with Crippen LogP contribution in [0.5, 0.6) is 0 Å². The summed E-state index contributed by atoms with van der Waals surface area (Å²) in [5.41, 5.74) is 8.93. The molecule has 1 aromatic carbocycles. The van der Waals surface area contributed by atoms with E-state index in [1.54, 1.807) is 0 Å². The number of nitrogens with two attached hydrogens (primary N) is 1. The molecule has 4 nitrogen and oxygen atoms in total. The Labute approximate surface area is 118 Å². The highest BCUT2D eigenvalue weighted by Crippen LogP contribution is 2.22. The lowest BCUT2D eigenvalue weighted by Crippen LogP contribution is -2.43. The first-order valence-electron chi connectivity index (χ1n) is 7.10. The smallest absolute Gasteiger partial charge is 0.250 e. The molecule has 0 unspecified atom stereocenters. The van der Waals surface area contributed by atoms with Crippen LogP contribution in [0.4, 0.5) is 0 Å². The van der Waals surface area contributed by atoms with Crippen LogP contribution in [0.15, 0.2) is 24.3 Å². The molecule has 1 aliphatic rings. The van der Waals surface area contributed by atoms with Crippen molar-refractivity contribution < 1.29 is 4.79 Å². The molecule has 1 aliphatic heterocycles. The van der Waals surface area contributed by atoms with Gasteiger partial charge < -0.3 is 11.1 Å². The van der Waals surface area contributed by atoms with Gasteiger partial charge in [-0.25, -0.2) is 0 Å². The first-order chi connectivity index (χ1) is 9.67. The van der Waals surface area contributed by atoms with Gasteiger partial charge in [-0.3, -0.25) is 9.78 Å². The number of primary amides is 1. The number of amides is 1. The molecule has 104 valence electrons. The van der Waals surface area contributed by atoms with Gasteiger partial charge in [0.15, 0.2) is 0 Å². The third-order valence-electron chi connectivity index (χ3n) is 3.95. The maximum Gasteiger partial charge on any atom is 0.250 e. The van der Waals surface area contributed by atoms with Crippen molar-refractivity contribution in [2.75, 3.05) is 13.1 Å². The molecule has 0 spiro atoms. The van der Waals surface area contributed by atoms with Crippen molar-refractivity contribution in [1.29, 1.82) is 0 Å². The van der Waals surface area contributed by atoms with Crippen LogP contribution < -0.4 is 11.1 Å². The van der Waals surface area contributed by atoms with Crippen molar-refractivity contribution >= 4 is 16.8 Å². The largest absolute Gasteiger partial charge is 0.366 e. The number of carbonyl (C=O) groups excluding carboxylic acids is 1. The Bertz CT molecular complexity index is 662. The number of rotatable bonds is 4. The molecule has 0 saturated carbocycles. The number of nitrogens with one attached hydrogen (secondary N) is 1. The summed E-state index contributed by atoms with van der Waals surface area (Å²) in [4.78, 5) is 16.3. The van der Waals surface area contributed by atoms with Gasteiger partial charge in [0.2, 0.25) is 0 Å². The van der Waals surface area contributed by atoms with Crippen molar-refractivity contribution in [1.82, 2.24) is 10.3 Å². The SMILES string of the molecule is CCc1cc(C(N)=O)c2nc(CC3CNC3)ccc2c1. The van der Waals surface area contributed by atoms with Crippen LogP contribution in [-0.4, -0.2) is 24.0 Å². The number of carbonyl (C=O) groups is 1. The quantitative estimate of drug-likeness (QED) is 0.887. The molecule has 0 atom stereocenters. The second kappa shape index (κ2) is 5.21. The molecule has 0 aliphatic carbocycles. The zero-order valence-electron chi connectivity index (χ0n) is 11.6. The van der Waals surface area contributed by atoms with Crippen LogP contribution in [0, 0.1) is 5.92 Å². The molecule has 3 rings (SSSR count). The predicted octanol–water partition coefficient (Wildman–Crippen LogP) is 1.66. The van der Waals surface area contributed by atoms with Crippen molar-refractivity contribution in [3.8, 4) is 0 Å². The average molecular weight is 269 g/mol. The molecule has 0 radical (unpaired) electrons. The monoisotopic (exact) mass is 269 g/mol. The van der Waals surface area contributed by atoms with E-state index in [4.69, 9.17) is 5.73 Å². The van der Waals surface area contributed by atoms with Crippen LogP contribution in [-0.2, 0) is 12.8 Å². The molecule has 1 saturated heterocycles. The Balaban J connectivity index is 2.06. The summed E-state index contributed by atoms with van der Waals surface area (Å²) in [7, 11) is 0. The summed E-state index contributed by atoms with van der Waals surface area (Å²) in [6.07, 6.45) is 1.84. The number of fused-ring (bicyclic) bond motifs is 1. The van der Waals surface area contributed by atoms with Crippen molar-refractivity contribution in [2.45, 2.75) is 19.8 Å². The van der Waals surface area contributed by atoms with E-state index in [1.807, 2.05) is 6.07 Å². The van der Waals surface area contributed by atoms with Gasteiger partial charge in [-0.2, -0.15) is 0 Å². The summed E-state index contributed by atoms with van der Waals surface area (Å²) in [5.74, 6) is 0.257. The molecule has 1 amide bonds. The highest BCUT2D eigenvalue weighted by molar-refractivity contribution is 6.05. The summed E-state index contributed by atoms with van der Waals surface area (Å²) in [6.45, 7) is 4.17. The fourth-order valence-electron chi connectivity index (χ4n) is 2.63. The van der Waals surface area contributed by atoms with Crippen LogP contribution in [0.2, 0.25) is 0 Å². The van der Waals surface area contributed by atoms with Crippen molar-refractivity contribution in [3.05, 3.63) is 41.1 Å². The lowest BCUT2D eigenvalue weighted by molar-refractivity contribution is 0.100. The highest BCUT2D eigenvalue weighted by atomic mass is 16.1. The molecular formula is C16H19N3O. The van der Waals surface area contributed by atoms with Gasteiger partial charge in [0.1, 0.15) is 0 Å². The minimum Gasteiger partial charge on any atom is -0.366 e. The number of hydrogen-bond donors (Lipinski definition) is 2. The van der Waals surface area contributed by atoms with Crippen LogP contribution in [0.3, 0.4) is 0 Å². The third kappa shape index (κ3) is 2.39. The maximum absolute atomic E-state index is 11.7. The number of aromatic nitrogens is 1. The van der Waals surface area contributed by atoms with E-state index in [2.05, 4.69) is 35.4 Å². The molecule has 1 fully saturated rings. The summed E-state index contributed by atoms with van der Waals surface area (Å²) in [6, 6.07) is 8.07. The van der Waals surface area contributed by atoms with E-state index in [0.29, 0.717) is 11.5 Å². The molecule has 4 heteroatoms. The Hall–Kier alpha value is -1.94. The molecule has 1 aromatic heterocycles. The number of benzene rings is 1.